The summed E-state index contributed by atoms with van der Waals surface area (Å²) < 4.78 is 6.81. The van der Waals surface area contributed by atoms with Crippen LogP contribution in [0.15, 0.2) is 76.1 Å². The highest BCUT2D eigenvalue weighted by Gasteiger charge is 2.35. The smallest absolute Gasteiger partial charge is 0.293 e. The van der Waals surface area contributed by atoms with Crippen molar-refractivity contribution >= 4 is 68.1 Å². The molecule has 2 amide bonds. The van der Waals surface area contributed by atoms with E-state index in [1.807, 2.05) is 36.4 Å². The van der Waals surface area contributed by atoms with Crippen molar-refractivity contribution in [2.75, 3.05) is 0 Å². The molecule has 0 unspecified atom stereocenters. The third kappa shape index (κ3) is 5.21. The molecule has 3 aromatic rings. The van der Waals surface area contributed by atoms with Gasteiger partial charge in [-0.05, 0) is 53.7 Å². The Morgan fingerprint density at radius 2 is 1.59 bits per heavy atom. The first-order valence-corrected chi connectivity index (χ1v) is 11.9. The van der Waals surface area contributed by atoms with E-state index in [-0.39, 0.29) is 24.3 Å². The van der Waals surface area contributed by atoms with Crippen molar-refractivity contribution in [1.82, 2.24) is 4.90 Å². The van der Waals surface area contributed by atoms with Gasteiger partial charge in [0.25, 0.3) is 11.1 Å². The lowest BCUT2D eigenvalue weighted by atomic mass is 10.1. The van der Waals surface area contributed by atoms with Gasteiger partial charge in [-0.3, -0.25) is 14.5 Å². The fourth-order valence-electron chi connectivity index (χ4n) is 3.11. The molecule has 0 aliphatic carbocycles. The van der Waals surface area contributed by atoms with Gasteiger partial charge in [0.2, 0.25) is 0 Å². The number of carbonyl (C=O) groups is 2. The number of benzene rings is 3. The average molecular weight is 549 g/mol. The van der Waals surface area contributed by atoms with Crippen molar-refractivity contribution in [1.29, 1.82) is 0 Å². The Bertz CT molecular complexity index is 1230. The highest BCUT2D eigenvalue weighted by Crippen LogP contribution is 2.36. The van der Waals surface area contributed by atoms with Crippen LogP contribution in [0.3, 0.4) is 0 Å². The highest BCUT2D eigenvalue weighted by atomic mass is 79.9. The third-order valence-corrected chi connectivity index (χ3v) is 6.90. The van der Waals surface area contributed by atoms with E-state index in [4.69, 9.17) is 27.9 Å². The summed E-state index contributed by atoms with van der Waals surface area (Å²) in [6.07, 6.45) is 1.67. The summed E-state index contributed by atoms with van der Waals surface area (Å²) in [6.45, 7) is 0.395. The summed E-state index contributed by atoms with van der Waals surface area (Å²) >= 11 is 16.8. The van der Waals surface area contributed by atoms with Crippen LogP contribution < -0.4 is 4.74 Å². The second-order valence-electron chi connectivity index (χ2n) is 6.92. The first-order chi connectivity index (χ1) is 15.4. The van der Waals surface area contributed by atoms with E-state index in [1.165, 1.54) is 4.90 Å². The van der Waals surface area contributed by atoms with Crippen LogP contribution in [0.5, 0.6) is 5.75 Å². The van der Waals surface area contributed by atoms with Gasteiger partial charge in [0.05, 0.1) is 11.4 Å². The quantitative estimate of drug-likeness (QED) is 0.298. The minimum absolute atomic E-state index is 0.121. The van der Waals surface area contributed by atoms with E-state index >= 15 is 0 Å². The number of nitrogens with zero attached hydrogens (tertiary/aromatic N) is 1. The average Bonchev–Trinajstić information content (AvgIpc) is 3.03. The summed E-state index contributed by atoms with van der Waals surface area (Å²) in [5, 5.41) is 0.791. The van der Waals surface area contributed by atoms with Crippen LogP contribution in [0.4, 0.5) is 4.79 Å². The van der Waals surface area contributed by atoms with Crippen molar-refractivity contribution in [2.45, 2.75) is 13.2 Å². The van der Waals surface area contributed by atoms with Crippen molar-refractivity contribution in [3.8, 4) is 5.75 Å². The molecule has 0 aromatic heterocycles. The minimum Gasteiger partial charge on any atom is -0.488 e. The molecule has 8 heteroatoms. The molecular formula is C24H16BrCl2NO3S. The van der Waals surface area contributed by atoms with Gasteiger partial charge < -0.3 is 4.74 Å². The number of ether oxygens (including phenoxy) is 1. The maximum atomic E-state index is 13.0. The fraction of sp³-hybridized carbons (Fsp3) is 0.0833. The summed E-state index contributed by atoms with van der Waals surface area (Å²) in [4.78, 5) is 27.0. The fourth-order valence-corrected chi connectivity index (χ4v) is 4.70. The number of hydrogen-bond acceptors (Lipinski definition) is 4. The van der Waals surface area contributed by atoms with Gasteiger partial charge in [-0.25, -0.2) is 0 Å². The zero-order valence-electron chi connectivity index (χ0n) is 16.6. The molecule has 1 aliphatic rings. The molecule has 4 nitrogen and oxygen atoms in total. The predicted molar refractivity (Wildman–Crippen MR) is 133 cm³/mol. The van der Waals surface area contributed by atoms with Gasteiger partial charge in [-0.1, -0.05) is 75.5 Å². The zero-order chi connectivity index (χ0) is 22.7. The van der Waals surface area contributed by atoms with Crippen LogP contribution in [-0.4, -0.2) is 16.0 Å². The predicted octanol–water partition coefficient (Wildman–Crippen LogP) is 7.57. The molecule has 3 aromatic carbocycles. The van der Waals surface area contributed by atoms with Crippen LogP contribution in [0, 0.1) is 0 Å². The molecule has 162 valence electrons. The van der Waals surface area contributed by atoms with E-state index in [0.29, 0.717) is 31.8 Å². The van der Waals surface area contributed by atoms with Crippen molar-refractivity contribution in [3.05, 3.63) is 103 Å². The molecule has 0 bridgehead atoms. The molecule has 1 saturated heterocycles. The van der Waals surface area contributed by atoms with Crippen LogP contribution in [0.2, 0.25) is 10.0 Å². The SMILES string of the molecule is O=C1S/C(=C\c2cc(Br)ccc2OCc2ccccc2Cl)C(=O)N1Cc1ccccc1Cl. The second kappa shape index (κ2) is 10.1. The van der Waals surface area contributed by atoms with Crippen LogP contribution in [0.1, 0.15) is 16.7 Å². The Morgan fingerprint density at radius 3 is 2.28 bits per heavy atom. The third-order valence-electron chi connectivity index (χ3n) is 4.76. The summed E-state index contributed by atoms with van der Waals surface area (Å²) in [6, 6.07) is 20.1. The van der Waals surface area contributed by atoms with E-state index < -0.39 is 0 Å². The number of hydrogen-bond donors (Lipinski definition) is 0. The number of amides is 2. The first-order valence-electron chi connectivity index (χ1n) is 9.57. The maximum Gasteiger partial charge on any atom is 0.293 e. The Balaban J connectivity index is 1.57. The largest absolute Gasteiger partial charge is 0.488 e. The molecule has 0 saturated carbocycles. The second-order valence-corrected chi connectivity index (χ2v) is 9.64. The Morgan fingerprint density at radius 1 is 0.938 bits per heavy atom. The lowest BCUT2D eigenvalue weighted by Crippen LogP contribution is -2.27. The van der Waals surface area contributed by atoms with Crippen LogP contribution in [0.25, 0.3) is 6.08 Å². The Kier molecular flexibility index (Phi) is 7.26. The van der Waals surface area contributed by atoms with Crippen molar-refractivity contribution in [2.24, 2.45) is 0 Å². The molecule has 4 rings (SSSR count). The molecule has 1 heterocycles. The van der Waals surface area contributed by atoms with Gasteiger partial charge in [0.15, 0.2) is 0 Å². The normalized spacial score (nSPS) is 15.0. The van der Waals surface area contributed by atoms with E-state index in [9.17, 15) is 9.59 Å². The molecule has 1 fully saturated rings. The summed E-state index contributed by atoms with van der Waals surface area (Å²) in [5.74, 6) is 0.211. The number of halogens is 3. The van der Waals surface area contributed by atoms with E-state index in [2.05, 4.69) is 15.9 Å². The van der Waals surface area contributed by atoms with Gasteiger partial charge in [0, 0.05) is 25.6 Å². The van der Waals surface area contributed by atoms with Crippen molar-refractivity contribution < 1.29 is 14.3 Å². The molecule has 32 heavy (non-hydrogen) atoms. The maximum absolute atomic E-state index is 13.0. The molecule has 0 spiro atoms. The number of thioether (sulfide) groups is 1. The summed E-state index contributed by atoms with van der Waals surface area (Å²) in [7, 11) is 0. The highest BCUT2D eigenvalue weighted by molar-refractivity contribution is 9.10. The van der Waals surface area contributed by atoms with Crippen molar-refractivity contribution in [3.63, 3.8) is 0 Å². The lowest BCUT2D eigenvalue weighted by molar-refractivity contribution is -0.123. The monoisotopic (exact) mass is 547 g/mol. The van der Waals surface area contributed by atoms with Crippen LogP contribution in [-0.2, 0) is 17.9 Å². The molecule has 0 N–H and O–H groups in total. The van der Waals surface area contributed by atoms with Gasteiger partial charge in [-0.15, -0.1) is 0 Å². The van der Waals surface area contributed by atoms with Crippen LogP contribution >= 0.6 is 50.9 Å². The van der Waals surface area contributed by atoms with E-state index in [1.54, 1.807) is 36.4 Å². The first kappa shape index (κ1) is 22.9. The van der Waals surface area contributed by atoms with E-state index in [0.717, 1.165) is 21.8 Å². The Labute approximate surface area is 208 Å². The standard InChI is InChI=1S/C24H16BrCl2NO3S/c25-18-9-10-21(31-14-16-6-2-4-8-20(16)27)17(11-18)12-22-23(29)28(24(30)32-22)13-15-5-1-3-7-19(15)26/h1-12H,13-14H2/b22-12-. The Hall–Kier alpha value is -2.25. The number of rotatable bonds is 6. The van der Waals surface area contributed by atoms with Gasteiger partial charge in [0.1, 0.15) is 12.4 Å². The molecule has 0 radical (unpaired) electrons. The number of carbonyl (C=O) groups excluding carboxylic acids is 2. The van der Waals surface area contributed by atoms with Gasteiger partial charge >= 0.3 is 0 Å². The summed E-state index contributed by atoms with van der Waals surface area (Å²) in [5.41, 5.74) is 2.24. The minimum atomic E-state index is -0.364. The van der Waals surface area contributed by atoms with Gasteiger partial charge in [-0.2, -0.15) is 0 Å². The number of imide groups is 1. The topological polar surface area (TPSA) is 46.6 Å². The zero-order valence-corrected chi connectivity index (χ0v) is 20.5. The lowest BCUT2D eigenvalue weighted by Gasteiger charge is -2.13. The molecule has 1 aliphatic heterocycles. The molecule has 0 atom stereocenters. The molecular weight excluding hydrogens is 533 g/mol.